The molecule has 2 rings (SSSR count). The number of amides is 2. The number of carbonyl (C=O) groups is 2. The van der Waals surface area contributed by atoms with Crippen LogP contribution in [0.5, 0.6) is 0 Å². The highest BCUT2D eigenvalue weighted by Gasteiger charge is 2.21. The summed E-state index contributed by atoms with van der Waals surface area (Å²) >= 11 is 0. The summed E-state index contributed by atoms with van der Waals surface area (Å²) in [7, 11) is 0. The van der Waals surface area contributed by atoms with Crippen molar-refractivity contribution < 1.29 is 9.59 Å². The lowest BCUT2D eigenvalue weighted by Gasteiger charge is -2.24. The Kier molecular flexibility index (Phi) is 10.2. The predicted molar refractivity (Wildman–Crippen MR) is 103 cm³/mol. The van der Waals surface area contributed by atoms with Crippen LogP contribution < -0.4 is 16.0 Å². The van der Waals surface area contributed by atoms with Crippen molar-refractivity contribution in [3.63, 3.8) is 0 Å². The highest BCUT2D eigenvalue weighted by atomic mass is 35.5. The third-order valence-electron chi connectivity index (χ3n) is 4.40. The number of halogens is 1. The first-order valence-corrected chi connectivity index (χ1v) is 9.00. The minimum Gasteiger partial charge on any atom is -0.354 e. The van der Waals surface area contributed by atoms with Crippen molar-refractivity contribution in [2.75, 3.05) is 19.6 Å². The Bertz CT molecular complexity index is 519. The molecule has 0 bridgehead atoms. The zero-order chi connectivity index (χ0) is 17.2. The Balaban J connectivity index is 0.00000312. The molecule has 1 aromatic carbocycles. The molecule has 140 valence electrons. The minimum atomic E-state index is -0.442. The average molecular weight is 368 g/mol. The number of hydrogen-bond acceptors (Lipinski definition) is 3. The van der Waals surface area contributed by atoms with Gasteiger partial charge in [-0.25, -0.2) is 0 Å². The van der Waals surface area contributed by atoms with E-state index >= 15 is 0 Å². The van der Waals surface area contributed by atoms with Crippen molar-refractivity contribution in [2.45, 2.75) is 45.1 Å². The van der Waals surface area contributed by atoms with Gasteiger partial charge in [0.15, 0.2) is 0 Å². The molecule has 1 fully saturated rings. The smallest absolute Gasteiger partial charge is 0.242 e. The van der Waals surface area contributed by atoms with E-state index in [1.807, 2.05) is 37.3 Å². The molecule has 1 aromatic rings. The molecule has 0 aromatic heterocycles. The topological polar surface area (TPSA) is 70.2 Å². The number of rotatable bonds is 8. The lowest BCUT2D eigenvalue weighted by atomic mass is 9.99. The van der Waals surface area contributed by atoms with Crippen LogP contribution in [0.4, 0.5) is 0 Å². The number of nitrogens with one attached hydrogen (secondary N) is 3. The summed E-state index contributed by atoms with van der Waals surface area (Å²) in [6, 6.07) is 9.15. The maximum atomic E-state index is 12.4. The van der Waals surface area contributed by atoms with E-state index in [1.165, 1.54) is 0 Å². The summed E-state index contributed by atoms with van der Waals surface area (Å²) in [6.07, 6.45) is 4.13. The standard InChI is InChI=1S/C19H29N3O2.ClH/c1-2-7-17(19(24)21-14-16-10-6-11-20-13-16)22-18(23)12-15-8-4-3-5-9-15;/h3-5,8-9,16-17,20H,2,6-7,10-14H2,1H3,(H,21,24)(H,22,23);1H. The van der Waals surface area contributed by atoms with Crippen molar-refractivity contribution in [3.8, 4) is 0 Å². The molecule has 0 spiro atoms. The zero-order valence-corrected chi connectivity index (χ0v) is 15.7. The number of benzene rings is 1. The molecule has 1 saturated heterocycles. The Morgan fingerprint density at radius 1 is 1.28 bits per heavy atom. The molecule has 0 radical (unpaired) electrons. The Labute approximate surface area is 156 Å². The van der Waals surface area contributed by atoms with Crippen LogP contribution in [0.3, 0.4) is 0 Å². The van der Waals surface area contributed by atoms with Gasteiger partial charge in [-0.2, -0.15) is 0 Å². The Morgan fingerprint density at radius 3 is 2.68 bits per heavy atom. The zero-order valence-electron chi connectivity index (χ0n) is 14.9. The molecule has 1 aliphatic rings. The summed E-state index contributed by atoms with van der Waals surface area (Å²) in [5.41, 5.74) is 0.957. The van der Waals surface area contributed by atoms with E-state index in [0.717, 1.165) is 37.9 Å². The van der Waals surface area contributed by atoms with Crippen LogP contribution in [0.1, 0.15) is 38.2 Å². The van der Waals surface area contributed by atoms with Gasteiger partial charge in [-0.15, -0.1) is 12.4 Å². The van der Waals surface area contributed by atoms with Gasteiger partial charge in [0.1, 0.15) is 6.04 Å². The molecule has 1 aliphatic heterocycles. The fourth-order valence-electron chi connectivity index (χ4n) is 3.05. The van der Waals surface area contributed by atoms with Gasteiger partial charge in [-0.1, -0.05) is 43.7 Å². The van der Waals surface area contributed by atoms with Crippen molar-refractivity contribution in [1.29, 1.82) is 0 Å². The number of piperidine rings is 1. The summed E-state index contributed by atoms with van der Waals surface area (Å²) in [5.74, 6) is 0.322. The second-order valence-electron chi connectivity index (χ2n) is 6.53. The molecular weight excluding hydrogens is 338 g/mol. The quantitative estimate of drug-likeness (QED) is 0.658. The lowest BCUT2D eigenvalue weighted by Crippen LogP contribution is -2.49. The van der Waals surface area contributed by atoms with Crippen LogP contribution in [0, 0.1) is 5.92 Å². The van der Waals surface area contributed by atoms with Gasteiger partial charge >= 0.3 is 0 Å². The number of hydrogen-bond donors (Lipinski definition) is 3. The number of carbonyl (C=O) groups excluding carboxylic acids is 2. The van der Waals surface area contributed by atoms with Crippen molar-refractivity contribution in [3.05, 3.63) is 35.9 Å². The highest BCUT2D eigenvalue weighted by Crippen LogP contribution is 2.09. The maximum absolute atomic E-state index is 12.4. The van der Waals surface area contributed by atoms with Crippen LogP contribution in [-0.4, -0.2) is 37.5 Å². The summed E-state index contributed by atoms with van der Waals surface area (Å²) in [6.45, 7) is 4.73. The van der Waals surface area contributed by atoms with E-state index in [9.17, 15) is 9.59 Å². The first-order chi connectivity index (χ1) is 11.7. The molecule has 2 unspecified atom stereocenters. The fourth-order valence-corrected chi connectivity index (χ4v) is 3.05. The van der Waals surface area contributed by atoms with Gasteiger partial charge in [0.05, 0.1) is 6.42 Å². The molecule has 2 amide bonds. The average Bonchev–Trinajstić information content (AvgIpc) is 2.61. The minimum absolute atomic E-state index is 0. The van der Waals surface area contributed by atoms with E-state index in [1.54, 1.807) is 0 Å². The monoisotopic (exact) mass is 367 g/mol. The molecule has 25 heavy (non-hydrogen) atoms. The van der Waals surface area contributed by atoms with Gasteiger partial charge in [0, 0.05) is 6.54 Å². The lowest BCUT2D eigenvalue weighted by molar-refractivity contribution is -0.129. The summed E-state index contributed by atoms with van der Waals surface area (Å²) < 4.78 is 0. The molecule has 5 nitrogen and oxygen atoms in total. The van der Waals surface area contributed by atoms with E-state index in [-0.39, 0.29) is 24.2 Å². The van der Waals surface area contributed by atoms with Crippen molar-refractivity contribution in [1.82, 2.24) is 16.0 Å². The van der Waals surface area contributed by atoms with Crippen molar-refractivity contribution in [2.24, 2.45) is 5.92 Å². The Hall–Kier alpha value is -1.59. The van der Waals surface area contributed by atoms with Crippen LogP contribution in [0.2, 0.25) is 0 Å². The van der Waals surface area contributed by atoms with E-state index in [0.29, 0.717) is 25.3 Å². The van der Waals surface area contributed by atoms with E-state index in [2.05, 4.69) is 16.0 Å². The predicted octanol–water partition coefficient (Wildman–Crippen LogP) is 2.05. The van der Waals surface area contributed by atoms with Gasteiger partial charge < -0.3 is 16.0 Å². The third kappa shape index (κ3) is 7.88. The Morgan fingerprint density at radius 2 is 2.04 bits per heavy atom. The van der Waals surface area contributed by atoms with Crippen LogP contribution in [0.25, 0.3) is 0 Å². The van der Waals surface area contributed by atoms with E-state index in [4.69, 9.17) is 0 Å². The molecule has 2 atom stereocenters. The summed E-state index contributed by atoms with van der Waals surface area (Å²) in [4.78, 5) is 24.6. The van der Waals surface area contributed by atoms with Gasteiger partial charge in [0.25, 0.3) is 0 Å². The molecule has 6 heteroatoms. The van der Waals surface area contributed by atoms with Gasteiger partial charge in [-0.3, -0.25) is 9.59 Å². The molecule has 3 N–H and O–H groups in total. The molecular formula is C19H30ClN3O2. The van der Waals surface area contributed by atoms with Crippen LogP contribution >= 0.6 is 12.4 Å². The van der Waals surface area contributed by atoms with Crippen LogP contribution in [-0.2, 0) is 16.0 Å². The molecule has 0 saturated carbocycles. The van der Waals surface area contributed by atoms with Gasteiger partial charge in [0.2, 0.25) is 11.8 Å². The van der Waals surface area contributed by atoms with Crippen molar-refractivity contribution >= 4 is 24.2 Å². The van der Waals surface area contributed by atoms with Crippen LogP contribution in [0.15, 0.2) is 30.3 Å². The molecule has 1 heterocycles. The first kappa shape index (κ1) is 21.5. The maximum Gasteiger partial charge on any atom is 0.242 e. The van der Waals surface area contributed by atoms with E-state index < -0.39 is 6.04 Å². The SMILES string of the molecule is CCCC(NC(=O)Cc1ccccc1)C(=O)NCC1CCCNC1.Cl. The largest absolute Gasteiger partial charge is 0.354 e. The second-order valence-corrected chi connectivity index (χ2v) is 6.53. The van der Waals surface area contributed by atoms with Gasteiger partial charge in [-0.05, 0) is 43.8 Å². The first-order valence-electron chi connectivity index (χ1n) is 9.00. The second kappa shape index (κ2) is 11.9. The molecule has 0 aliphatic carbocycles. The third-order valence-corrected chi connectivity index (χ3v) is 4.40. The normalized spacial score (nSPS) is 17.9. The highest BCUT2D eigenvalue weighted by molar-refractivity contribution is 5.88. The fraction of sp³-hybridized carbons (Fsp3) is 0.579. The summed E-state index contributed by atoms with van der Waals surface area (Å²) in [5, 5.41) is 9.25.